The molecule has 0 spiro atoms. The van der Waals surface area contributed by atoms with E-state index in [9.17, 15) is 9.90 Å². The largest absolute Gasteiger partial charge is 0.497 e. The van der Waals surface area contributed by atoms with E-state index in [4.69, 9.17) is 9.47 Å². The van der Waals surface area contributed by atoms with Crippen LogP contribution in [0.25, 0.3) is 0 Å². The highest BCUT2D eigenvalue weighted by atomic mass is 16.5. The van der Waals surface area contributed by atoms with Crippen molar-refractivity contribution < 1.29 is 24.1 Å². The lowest BCUT2D eigenvalue weighted by molar-refractivity contribution is -0.145. The smallest absolute Gasteiger partial charge is 0.334 e. The van der Waals surface area contributed by atoms with Crippen LogP contribution in [-0.2, 0) is 14.3 Å². The number of hydrogen-bond donors (Lipinski definition) is 1. The molecule has 6 nitrogen and oxygen atoms in total. The molecule has 3 atom stereocenters. The highest BCUT2D eigenvalue weighted by molar-refractivity contribution is 5.98. The Morgan fingerprint density at radius 2 is 2.00 bits per heavy atom. The van der Waals surface area contributed by atoms with Gasteiger partial charge in [-0.25, -0.2) is 9.79 Å². The van der Waals surface area contributed by atoms with Gasteiger partial charge in [0, 0.05) is 5.56 Å². The van der Waals surface area contributed by atoms with Crippen molar-refractivity contribution in [2.75, 3.05) is 14.2 Å². The van der Waals surface area contributed by atoms with E-state index in [2.05, 4.69) is 9.73 Å². The van der Waals surface area contributed by atoms with Crippen molar-refractivity contribution in [3.8, 4) is 5.75 Å². The molecule has 1 aliphatic heterocycles. The van der Waals surface area contributed by atoms with Gasteiger partial charge in [-0.3, -0.25) is 0 Å². The highest BCUT2D eigenvalue weighted by Gasteiger charge is 2.40. The average Bonchev–Trinajstić information content (AvgIpc) is 2.92. The topological polar surface area (TPSA) is 77.4 Å². The van der Waals surface area contributed by atoms with Gasteiger partial charge in [0.2, 0.25) is 5.90 Å². The zero-order valence-corrected chi connectivity index (χ0v) is 11.6. The number of nitrogens with zero attached hydrogens (tertiary/aromatic N) is 1. The molecule has 0 aliphatic carbocycles. The van der Waals surface area contributed by atoms with E-state index in [0.717, 1.165) is 0 Å². The number of aliphatic hydroxyl groups is 1. The predicted octanol–water partition coefficient (Wildman–Crippen LogP) is 0.763. The van der Waals surface area contributed by atoms with Crippen molar-refractivity contribution in [1.29, 1.82) is 0 Å². The molecule has 1 heterocycles. The van der Waals surface area contributed by atoms with Crippen LogP contribution in [0.15, 0.2) is 29.3 Å². The second-order valence-corrected chi connectivity index (χ2v) is 4.45. The highest BCUT2D eigenvalue weighted by Crippen LogP contribution is 2.23. The molecule has 0 aromatic heterocycles. The lowest BCUT2D eigenvalue weighted by atomic mass is 10.1. The molecule has 0 fully saturated rings. The maximum absolute atomic E-state index is 11.7. The van der Waals surface area contributed by atoms with Gasteiger partial charge in [0.05, 0.1) is 20.3 Å². The quantitative estimate of drug-likeness (QED) is 0.823. The van der Waals surface area contributed by atoms with Crippen LogP contribution in [0.5, 0.6) is 5.75 Å². The monoisotopic (exact) mass is 279 g/mol. The van der Waals surface area contributed by atoms with Gasteiger partial charge in [-0.05, 0) is 31.2 Å². The molecule has 0 amide bonds. The van der Waals surface area contributed by atoms with E-state index in [-0.39, 0.29) is 0 Å². The Morgan fingerprint density at radius 3 is 2.50 bits per heavy atom. The molecule has 0 saturated heterocycles. The molecule has 0 bridgehead atoms. The maximum atomic E-state index is 11.7. The van der Waals surface area contributed by atoms with E-state index < -0.39 is 24.2 Å². The van der Waals surface area contributed by atoms with Crippen LogP contribution in [0, 0.1) is 0 Å². The van der Waals surface area contributed by atoms with E-state index >= 15 is 0 Å². The van der Waals surface area contributed by atoms with Crippen LogP contribution in [0.4, 0.5) is 0 Å². The van der Waals surface area contributed by atoms with E-state index in [0.29, 0.717) is 17.2 Å². The van der Waals surface area contributed by atoms with Crippen LogP contribution >= 0.6 is 0 Å². The summed E-state index contributed by atoms with van der Waals surface area (Å²) in [6.45, 7) is 1.55. The SMILES string of the molecule is COC(=O)[C@@H]1N=C(c2ccc(OC)cc2)O[C@H]1[C@H](C)O. The summed E-state index contributed by atoms with van der Waals surface area (Å²) in [5.74, 6) is 0.498. The second kappa shape index (κ2) is 5.92. The van der Waals surface area contributed by atoms with Crippen LogP contribution in [0.3, 0.4) is 0 Å². The molecule has 1 aromatic carbocycles. The van der Waals surface area contributed by atoms with Crippen molar-refractivity contribution in [3.05, 3.63) is 29.8 Å². The Hall–Kier alpha value is -2.08. The third-order valence-corrected chi connectivity index (χ3v) is 3.07. The summed E-state index contributed by atoms with van der Waals surface area (Å²) in [7, 11) is 2.86. The minimum absolute atomic E-state index is 0.314. The summed E-state index contributed by atoms with van der Waals surface area (Å²) < 4.78 is 15.3. The summed E-state index contributed by atoms with van der Waals surface area (Å²) in [5, 5.41) is 9.69. The van der Waals surface area contributed by atoms with Crippen molar-refractivity contribution in [1.82, 2.24) is 0 Å². The number of methoxy groups -OCH3 is 2. The van der Waals surface area contributed by atoms with Crippen molar-refractivity contribution in [2.45, 2.75) is 25.2 Å². The zero-order chi connectivity index (χ0) is 14.7. The molecule has 1 aromatic rings. The number of benzene rings is 1. The number of aliphatic imine (C=N–C) groups is 1. The summed E-state index contributed by atoms with van der Waals surface area (Å²) in [6.07, 6.45) is -1.57. The van der Waals surface area contributed by atoms with Crippen LogP contribution < -0.4 is 4.74 Å². The molecule has 1 N–H and O–H groups in total. The minimum Gasteiger partial charge on any atom is -0.497 e. The first kappa shape index (κ1) is 14.3. The molecule has 0 radical (unpaired) electrons. The number of carbonyl (C=O) groups is 1. The summed E-state index contributed by atoms with van der Waals surface area (Å²) in [6, 6.07) is 6.23. The first-order valence-corrected chi connectivity index (χ1v) is 6.21. The lowest BCUT2D eigenvalue weighted by Crippen LogP contribution is -2.38. The van der Waals surface area contributed by atoms with Gasteiger partial charge in [0.1, 0.15) is 5.75 Å². The third kappa shape index (κ3) is 2.75. The minimum atomic E-state index is -0.850. The number of ether oxygens (including phenoxy) is 3. The molecule has 0 saturated carbocycles. The standard InChI is InChI=1S/C14H17NO5/c1-8(16)12-11(14(17)19-3)15-13(20-12)9-4-6-10(18-2)7-5-9/h4-8,11-12,16H,1-3H3/t8-,11+,12-/m0/s1. The molecular formula is C14H17NO5. The lowest BCUT2D eigenvalue weighted by Gasteiger charge is -2.18. The van der Waals surface area contributed by atoms with E-state index in [1.165, 1.54) is 7.11 Å². The Balaban J connectivity index is 2.25. The van der Waals surface area contributed by atoms with E-state index in [1.807, 2.05) is 0 Å². The molecule has 108 valence electrons. The van der Waals surface area contributed by atoms with Crippen molar-refractivity contribution in [2.24, 2.45) is 4.99 Å². The van der Waals surface area contributed by atoms with Gasteiger partial charge in [0.15, 0.2) is 12.1 Å². The van der Waals surface area contributed by atoms with E-state index in [1.54, 1.807) is 38.3 Å². The summed E-state index contributed by atoms with van der Waals surface area (Å²) in [5.41, 5.74) is 0.711. The third-order valence-electron chi connectivity index (χ3n) is 3.07. The molecule has 6 heteroatoms. The average molecular weight is 279 g/mol. The van der Waals surface area contributed by atoms with Crippen molar-refractivity contribution in [3.63, 3.8) is 0 Å². The summed E-state index contributed by atoms with van der Waals surface area (Å²) >= 11 is 0. The number of carbonyl (C=O) groups excluding carboxylic acids is 1. The molecular weight excluding hydrogens is 262 g/mol. The Labute approximate surface area is 117 Å². The van der Waals surface area contributed by atoms with Crippen LogP contribution in [0.1, 0.15) is 12.5 Å². The molecule has 1 aliphatic rings. The van der Waals surface area contributed by atoms with Crippen molar-refractivity contribution >= 4 is 11.9 Å². The Kier molecular flexibility index (Phi) is 4.24. The van der Waals surface area contributed by atoms with Gasteiger partial charge < -0.3 is 19.3 Å². The maximum Gasteiger partial charge on any atom is 0.334 e. The fourth-order valence-corrected chi connectivity index (χ4v) is 1.97. The Morgan fingerprint density at radius 1 is 1.35 bits per heavy atom. The van der Waals surface area contributed by atoms with Gasteiger partial charge in [-0.1, -0.05) is 0 Å². The first-order chi connectivity index (χ1) is 9.56. The fraction of sp³-hybridized carbons (Fsp3) is 0.429. The van der Waals surface area contributed by atoms with Crippen LogP contribution in [0.2, 0.25) is 0 Å². The Bertz CT molecular complexity index is 509. The van der Waals surface area contributed by atoms with Gasteiger partial charge in [-0.2, -0.15) is 0 Å². The number of aliphatic hydroxyl groups excluding tert-OH is 1. The number of hydrogen-bond acceptors (Lipinski definition) is 6. The zero-order valence-electron chi connectivity index (χ0n) is 11.6. The van der Waals surface area contributed by atoms with Crippen LogP contribution in [-0.4, -0.2) is 49.4 Å². The second-order valence-electron chi connectivity index (χ2n) is 4.45. The molecule has 20 heavy (non-hydrogen) atoms. The van der Waals surface area contributed by atoms with Gasteiger partial charge in [0.25, 0.3) is 0 Å². The first-order valence-electron chi connectivity index (χ1n) is 6.21. The summed E-state index contributed by atoms with van der Waals surface area (Å²) in [4.78, 5) is 15.9. The predicted molar refractivity (Wildman–Crippen MR) is 71.9 cm³/mol. The molecule has 0 unspecified atom stereocenters. The number of rotatable bonds is 4. The number of esters is 1. The fourth-order valence-electron chi connectivity index (χ4n) is 1.97. The molecule has 2 rings (SSSR count). The van der Waals surface area contributed by atoms with Gasteiger partial charge in [-0.15, -0.1) is 0 Å². The van der Waals surface area contributed by atoms with Gasteiger partial charge >= 0.3 is 5.97 Å². The normalized spacial score (nSPS) is 22.7.